The molecule has 0 aliphatic rings. The van der Waals surface area contributed by atoms with Crippen molar-refractivity contribution >= 4 is 32.3 Å². The van der Waals surface area contributed by atoms with Gasteiger partial charge in [0.25, 0.3) is 0 Å². The zero-order valence-corrected chi connectivity index (χ0v) is 13.4. The van der Waals surface area contributed by atoms with Gasteiger partial charge in [0.2, 0.25) is 0 Å². The van der Waals surface area contributed by atoms with Crippen LogP contribution in [0.3, 0.4) is 0 Å². The summed E-state index contributed by atoms with van der Waals surface area (Å²) in [7, 11) is 0. The molecule has 0 spiro atoms. The van der Waals surface area contributed by atoms with E-state index in [1.165, 1.54) is 37.9 Å². The van der Waals surface area contributed by atoms with Gasteiger partial charge in [-0.1, -0.05) is 81.4 Å². The highest BCUT2D eigenvalue weighted by Crippen LogP contribution is 2.34. The van der Waals surface area contributed by atoms with Gasteiger partial charge in [-0.05, 0) is 49.4 Å². The predicted octanol–water partition coefficient (Wildman–Crippen LogP) is 6.44. The standard InChI is InChI=1S/C22H20/c1-22(2,3)18-13-12-16-9-11-17-10-8-15-6-4-5-7-19(15)21(17)20(16)14-18/h4-14H,1-3H3. The smallest absolute Gasteiger partial charge is 0.00267 e. The molecule has 0 bridgehead atoms. The van der Waals surface area contributed by atoms with E-state index < -0.39 is 0 Å². The van der Waals surface area contributed by atoms with Gasteiger partial charge in [0, 0.05) is 0 Å². The molecule has 22 heavy (non-hydrogen) atoms. The van der Waals surface area contributed by atoms with Crippen LogP contribution in [-0.4, -0.2) is 0 Å². The fourth-order valence-electron chi connectivity index (χ4n) is 3.29. The van der Waals surface area contributed by atoms with Crippen LogP contribution in [0.1, 0.15) is 26.3 Å². The highest BCUT2D eigenvalue weighted by molar-refractivity contribution is 6.20. The molecule has 0 aliphatic heterocycles. The first-order chi connectivity index (χ1) is 10.5. The SMILES string of the molecule is CC(C)(C)c1ccc2ccc3ccc4ccccc4c3c2c1. The Kier molecular flexibility index (Phi) is 2.77. The van der Waals surface area contributed by atoms with Crippen molar-refractivity contribution in [2.45, 2.75) is 26.2 Å². The van der Waals surface area contributed by atoms with Crippen LogP contribution in [0.4, 0.5) is 0 Å². The van der Waals surface area contributed by atoms with Gasteiger partial charge in [-0.2, -0.15) is 0 Å². The maximum Gasteiger partial charge on any atom is -0.00267 e. The molecule has 0 fully saturated rings. The van der Waals surface area contributed by atoms with Gasteiger partial charge in [0.15, 0.2) is 0 Å². The van der Waals surface area contributed by atoms with Gasteiger partial charge in [0.1, 0.15) is 0 Å². The van der Waals surface area contributed by atoms with E-state index in [2.05, 4.69) is 87.5 Å². The molecular weight excluding hydrogens is 264 g/mol. The summed E-state index contributed by atoms with van der Waals surface area (Å²) < 4.78 is 0. The summed E-state index contributed by atoms with van der Waals surface area (Å²) in [5, 5.41) is 8.03. The summed E-state index contributed by atoms with van der Waals surface area (Å²) in [6.45, 7) is 6.83. The molecule has 4 rings (SSSR count). The minimum atomic E-state index is 0.168. The minimum Gasteiger partial charge on any atom is -0.0616 e. The third kappa shape index (κ3) is 1.99. The van der Waals surface area contributed by atoms with Gasteiger partial charge in [-0.3, -0.25) is 0 Å². The summed E-state index contributed by atoms with van der Waals surface area (Å²) in [5.74, 6) is 0. The van der Waals surface area contributed by atoms with Gasteiger partial charge in [-0.15, -0.1) is 0 Å². The Morgan fingerprint density at radius 1 is 0.591 bits per heavy atom. The Labute approximate surface area is 131 Å². The fourth-order valence-corrected chi connectivity index (χ4v) is 3.29. The second kappa shape index (κ2) is 4.58. The Hall–Kier alpha value is -2.34. The van der Waals surface area contributed by atoms with Crippen molar-refractivity contribution in [2.24, 2.45) is 0 Å². The van der Waals surface area contributed by atoms with Crippen LogP contribution in [0.2, 0.25) is 0 Å². The van der Waals surface area contributed by atoms with Crippen LogP contribution < -0.4 is 0 Å². The van der Waals surface area contributed by atoms with E-state index in [0.717, 1.165) is 0 Å². The number of hydrogen-bond acceptors (Lipinski definition) is 0. The monoisotopic (exact) mass is 284 g/mol. The summed E-state index contributed by atoms with van der Waals surface area (Å²) in [6, 6.07) is 24.5. The van der Waals surface area contributed by atoms with Gasteiger partial charge in [-0.25, -0.2) is 0 Å². The lowest BCUT2D eigenvalue weighted by atomic mass is 9.85. The lowest BCUT2D eigenvalue weighted by molar-refractivity contribution is 0.591. The van der Waals surface area contributed by atoms with Crippen molar-refractivity contribution in [3.63, 3.8) is 0 Å². The Bertz CT molecular complexity index is 995. The summed E-state index contributed by atoms with van der Waals surface area (Å²) >= 11 is 0. The van der Waals surface area contributed by atoms with Crippen molar-refractivity contribution in [3.8, 4) is 0 Å². The highest BCUT2D eigenvalue weighted by atomic mass is 14.2. The minimum absolute atomic E-state index is 0.168. The first-order valence-electron chi connectivity index (χ1n) is 7.89. The maximum atomic E-state index is 2.38. The molecule has 4 aromatic rings. The van der Waals surface area contributed by atoms with Crippen molar-refractivity contribution < 1.29 is 0 Å². The third-order valence-electron chi connectivity index (χ3n) is 4.59. The molecule has 0 saturated heterocycles. The van der Waals surface area contributed by atoms with E-state index in [1.807, 2.05) is 0 Å². The maximum absolute atomic E-state index is 2.38. The van der Waals surface area contributed by atoms with E-state index in [1.54, 1.807) is 0 Å². The van der Waals surface area contributed by atoms with Crippen molar-refractivity contribution in [2.75, 3.05) is 0 Å². The van der Waals surface area contributed by atoms with Crippen LogP contribution in [0.15, 0.2) is 66.7 Å². The normalized spacial score (nSPS) is 12.3. The molecule has 0 aromatic heterocycles. The van der Waals surface area contributed by atoms with E-state index >= 15 is 0 Å². The number of hydrogen-bond donors (Lipinski definition) is 0. The zero-order valence-electron chi connectivity index (χ0n) is 13.4. The molecule has 0 unspecified atom stereocenters. The summed E-state index contributed by atoms with van der Waals surface area (Å²) in [6.07, 6.45) is 0. The van der Waals surface area contributed by atoms with Crippen LogP contribution in [0.25, 0.3) is 32.3 Å². The highest BCUT2D eigenvalue weighted by Gasteiger charge is 2.15. The fraction of sp³-hybridized carbons (Fsp3) is 0.182. The Morgan fingerprint density at radius 2 is 1.18 bits per heavy atom. The number of fused-ring (bicyclic) bond motifs is 5. The van der Waals surface area contributed by atoms with Crippen molar-refractivity contribution in [1.29, 1.82) is 0 Å². The summed E-state index contributed by atoms with van der Waals surface area (Å²) in [5.41, 5.74) is 1.56. The summed E-state index contributed by atoms with van der Waals surface area (Å²) in [4.78, 5) is 0. The van der Waals surface area contributed by atoms with Crippen LogP contribution in [0.5, 0.6) is 0 Å². The van der Waals surface area contributed by atoms with Crippen molar-refractivity contribution in [1.82, 2.24) is 0 Å². The Balaban J connectivity index is 2.23. The van der Waals surface area contributed by atoms with E-state index in [-0.39, 0.29) is 5.41 Å². The molecule has 0 nitrogen and oxygen atoms in total. The molecular formula is C22H20. The van der Waals surface area contributed by atoms with Crippen LogP contribution in [-0.2, 0) is 5.41 Å². The van der Waals surface area contributed by atoms with Crippen LogP contribution >= 0.6 is 0 Å². The second-order valence-corrected chi connectivity index (χ2v) is 7.14. The molecule has 4 aromatic carbocycles. The third-order valence-corrected chi connectivity index (χ3v) is 4.59. The lowest BCUT2D eigenvalue weighted by Crippen LogP contribution is -2.10. The average molecular weight is 284 g/mol. The molecule has 0 N–H and O–H groups in total. The molecule has 0 radical (unpaired) electrons. The molecule has 0 saturated carbocycles. The van der Waals surface area contributed by atoms with Gasteiger partial charge in [0.05, 0.1) is 0 Å². The van der Waals surface area contributed by atoms with E-state index in [9.17, 15) is 0 Å². The Morgan fingerprint density at radius 3 is 1.91 bits per heavy atom. The number of rotatable bonds is 0. The topological polar surface area (TPSA) is 0 Å². The van der Waals surface area contributed by atoms with Gasteiger partial charge < -0.3 is 0 Å². The molecule has 0 aliphatic carbocycles. The molecule has 0 atom stereocenters. The molecule has 0 amide bonds. The quantitative estimate of drug-likeness (QED) is 0.326. The predicted molar refractivity (Wildman–Crippen MR) is 97.7 cm³/mol. The largest absolute Gasteiger partial charge is 0.0616 e. The van der Waals surface area contributed by atoms with E-state index in [0.29, 0.717) is 0 Å². The molecule has 0 heterocycles. The van der Waals surface area contributed by atoms with Crippen molar-refractivity contribution in [3.05, 3.63) is 72.3 Å². The zero-order chi connectivity index (χ0) is 15.3. The number of benzene rings is 4. The first kappa shape index (κ1) is 13.3. The van der Waals surface area contributed by atoms with E-state index in [4.69, 9.17) is 0 Å². The average Bonchev–Trinajstić information content (AvgIpc) is 2.52. The molecule has 108 valence electrons. The first-order valence-corrected chi connectivity index (χ1v) is 7.89. The lowest BCUT2D eigenvalue weighted by Gasteiger charge is -2.20. The van der Waals surface area contributed by atoms with Crippen LogP contribution in [0, 0.1) is 0 Å². The second-order valence-electron chi connectivity index (χ2n) is 7.14. The van der Waals surface area contributed by atoms with Gasteiger partial charge >= 0.3 is 0 Å². The molecule has 0 heteroatoms.